The average Bonchev–Trinajstić information content (AvgIpc) is 2.89. The van der Waals surface area contributed by atoms with Gasteiger partial charge in [0.15, 0.2) is 0 Å². The summed E-state index contributed by atoms with van der Waals surface area (Å²) in [5.74, 6) is -0.895. The minimum absolute atomic E-state index is 0.319. The van der Waals surface area contributed by atoms with Gasteiger partial charge in [-0.1, -0.05) is 12.1 Å². The molecule has 0 aliphatic carbocycles. The van der Waals surface area contributed by atoms with Crippen LogP contribution in [-0.2, 0) is 17.8 Å². The van der Waals surface area contributed by atoms with Crippen LogP contribution >= 0.6 is 11.3 Å². The summed E-state index contributed by atoms with van der Waals surface area (Å²) >= 11 is 1.73. The molecule has 0 fully saturated rings. The lowest BCUT2D eigenvalue weighted by atomic mass is 10.1. The average molecular weight is 276 g/mol. The molecular weight excluding hydrogens is 260 g/mol. The highest BCUT2D eigenvalue weighted by atomic mass is 32.1. The molecule has 1 aromatic heterocycles. The van der Waals surface area contributed by atoms with E-state index in [1.807, 2.05) is 19.1 Å². The quantitative estimate of drug-likeness (QED) is 0.821. The summed E-state index contributed by atoms with van der Waals surface area (Å²) in [6, 6.07) is 9.26. The van der Waals surface area contributed by atoms with Gasteiger partial charge in [-0.25, -0.2) is 4.79 Å². The number of carboxylic acids is 1. The fourth-order valence-corrected chi connectivity index (χ4v) is 2.49. The summed E-state index contributed by atoms with van der Waals surface area (Å²) in [5.41, 5.74) is 2.31. The SMILES string of the molecule is Cc1cc(C(=O)O)ccc1COCCc1cccs1. The molecule has 0 amide bonds. The monoisotopic (exact) mass is 276 g/mol. The van der Waals surface area contributed by atoms with Gasteiger partial charge >= 0.3 is 5.97 Å². The maximum atomic E-state index is 10.8. The van der Waals surface area contributed by atoms with E-state index in [1.165, 1.54) is 4.88 Å². The number of carbonyl (C=O) groups is 1. The fourth-order valence-electron chi connectivity index (χ4n) is 1.80. The molecule has 1 aromatic carbocycles. The van der Waals surface area contributed by atoms with Crippen LogP contribution in [-0.4, -0.2) is 17.7 Å². The molecule has 0 spiro atoms. The van der Waals surface area contributed by atoms with E-state index in [0.29, 0.717) is 18.8 Å². The summed E-state index contributed by atoms with van der Waals surface area (Å²) in [6.07, 6.45) is 0.921. The van der Waals surface area contributed by atoms with Gasteiger partial charge in [0.25, 0.3) is 0 Å². The van der Waals surface area contributed by atoms with Gasteiger partial charge in [-0.05, 0) is 41.6 Å². The molecular formula is C15H16O3S. The summed E-state index contributed by atoms with van der Waals surface area (Å²) in [7, 11) is 0. The van der Waals surface area contributed by atoms with Crippen molar-refractivity contribution in [1.82, 2.24) is 0 Å². The number of carboxylic acid groups (broad SMARTS) is 1. The van der Waals surface area contributed by atoms with Crippen LogP contribution in [0.3, 0.4) is 0 Å². The molecule has 0 unspecified atom stereocenters. The van der Waals surface area contributed by atoms with E-state index in [0.717, 1.165) is 17.5 Å². The number of rotatable bonds is 6. The van der Waals surface area contributed by atoms with Crippen molar-refractivity contribution >= 4 is 17.3 Å². The topological polar surface area (TPSA) is 46.5 Å². The largest absolute Gasteiger partial charge is 0.478 e. The van der Waals surface area contributed by atoms with E-state index in [2.05, 4.69) is 11.4 Å². The predicted molar refractivity (Wildman–Crippen MR) is 75.8 cm³/mol. The molecule has 0 atom stereocenters. The normalized spacial score (nSPS) is 10.6. The van der Waals surface area contributed by atoms with Crippen molar-refractivity contribution in [2.45, 2.75) is 20.0 Å². The Kier molecular flexibility index (Phi) is 4.71. The second-order valence-corrected chi connectivity index (χ2v) is 5.36. The molecule has 0 saturated heterocycles. The highest BCUT2D eigenvalue weighted by Gasteiger charge is 2.05. The summed E-state index contributed by atoms with van der Waals surface area (Å²) in [5, 5.41) is 10.9. The third-order valence-corrected chi connectivity index (χ3v) is 3.86. The number of hydrogen-bond donors (Lipinski definition) is 1. The zero-order valence-corrected chi connectivity index (χ0v) is 11.6. The van der Waals surface area contributed by atoms with E-state index < -0.39 is 5.97 Å². The Labute approximate surface area is 116 Å². The van der Waals surface area contributed by atoms with Crippen LogP contribution in [0.2, 0.25) is 0 Å². The van der Waals surface area contributed by atoms with Gasteiger partial charge in [0.2, 0.25) is 0 Å². The van der Waals surface area contributed by atoms with Crippen molar-refractivity contribution < 1.29 is 14.6 Å². The number of benzene rings is 1. The van der Waals surface area contributed by atoms with Crippen LogP contribution in [0.25, 0.3) is 0 Å². The molecule has 2 aromatic rings. The first kappa shape index (κ1) is 13.8. The number of aromatic carboxylic acids is 1. The van der Waals surface area contributed by atoms with E-state index in [4.69, 9.17) is 9.84 Å². The standard InChI is InChI=1S/C15H16O3S/c1-11-9-12(15(16)17)4-5-13(11)10-18-7-6-14-3-2-8-19-14/h2-5,8-9H,6-7,10H2,1H3,(H,16,17). The van der Waals surface area contributed by atoms with Crippen molar-refractivity contribution in [3.05, 3.63) is 57.3 Å². The molecule has 3 nitrogen and oxygen atoms in total. The lowest BCUT2D eigenvalue weighted by Gasteiger charge is -2.07. The Hall–Kier alpha value is -1.65. The molecule has 0 radical (unpaired) electrons. The van der Waals surface area contributed by atoms with Crippen molar-refractivity contribution in [2.24, 2.45) is 0 Å². The Bertz CT molecular complexity index is 547. The molecule has 0 aliphatic rings. The Morgan fingerprint density at radius 1 is 1.37 bits per heavy atom. The zero-order chi connectivity index (χ0) is 13.7. The first-order valence-electron chi connectivity index (χ1n) is 6.10. The maximum Gasteiger partial charge on any atom is 0.335 e. The Morgan fingerprint density at radius 3 is 2.84 bits per heavy atom. The first-order valence-corrected chi connectivity index (χ1v) is 6.98. The highest BCUT2D eigenvalue weighted by molar-refractivity contribution is 7.09. The highest BCUT2D eigenvalue weighted by Crippen LogP contribution is 2.13. The van der Waals surface area contributed by atoms with Crippen LogP contribution < -0.4 is 0 Å². The number of hydrogen-bond acceptors (Lipinski definition) is 3. The predicted octanol–water partition coefficient (Wildman–Crippen LogP) is 3.51. The zero-order valence-electron chi connectivity index (χ0n) is 10.8. The van der Waals surface area contributed by atoms with Gasteiger partial charge in [0.05, 0.1) is 18.8 Å². The van der Waals surface area contributed by atoms with E-state index in [-0.39, 0.29) is 0 Å². The van der Waals surface area contributed by atoms with Gasteiger partial charge in [0, 0.05) is 11.3 Å². The molecule has 2 rings (SSSR count). The Balaban J connectivity index is 1.84. The van der Waals surface area contributed by atoms with Gasteiger partial charge < -0.3 is 9.84 Å². The van der Waals surface area contributed by atoms with Gasteiger partial charge in [0.1, 0.15) is 0 Å². The van der Waals surface area contributed by atoms with Crippen LogP contribution in [0.4, 0.5) is 0 Å². The van der Waals surface area contributed by atoms with Crippen molar-refractivity contribution in [3.63, 3.8) is 0 Å². The number of thiophene rings is 1. The summed E-state index contributed by atoms with van der Waals surface area (Å²) in [4.78, 5) is 12.1. The molecule has 1 N–H and O–H groups in total. The van der Waals surface area contributed by atoms with Crippen LogP contribution in [0.5, 0.6) is 0 Å². The smallest absolute Gasteiger partial charge is 0.335 e. The third-order valence-electron chi connectivity index (χ3n) is 2.92. The third kappa shape index (κ3) is 3.91. The summed E-state index contributed by atoms with van der Waals surface area (Å²) < 4.78 is 5.63. The molecule has 19 heavy (non-hydrogen) atoms. The maximum absolute atomic E-state index is 10.8. The number of aryl methyl sites for hydroxylation is 1. The minimum atomic E-state index is -0.895. The molecule has 100 valence electrons. The second kappa shape index (κ2) is 6.50. The second-order valence-electron chi connectivity index (χ2n) is 4.33. The van der Waals surface area contributed by atoms with E-state index in [1.54, 1.807) is 23.5 Å². The Morgan fingerprint density at radius 2 is 2.21 bits per heavy atom. The molecule has 1 heterocycles. The van der Waals surface area contributed by atoms with Gasteiger partial charge in [-0.2, -0.15) is 0 Å². The van der Waals surface area contributed by atoms with Crippen molar-refractivity contribution in [1.29, 1.82) is 0 Å². The minimum Gasteiger partial charge on any atom is -0.478 e. The van der Waals surface area contributed by atoms with E-state index in [9.17, 15) is 4.79 Å². The molecule has 0 aliphatic heterocycles. The van der Waals surface area contributed by atoms with E-state index >= 15 is 0 Å². The summed E-state index contributed by atoms with van der Waals surface area (Å²) in [6.45, 7) is 3.11. The molecule has 4 heteroatoms. The first-order chi connectivity index (χ1) is 9.16. The van der Waals surface area contributed by atoms with Crippen molar-refractivity contribution in [3.8, 4) is 0 Å². The van der Waals surface area contributed by atoms with Crippen molar-refractivity contribution in [2.75, 3.05) is 6.61 Å². The van der Waals surface area contributed by atoms with Gasteiger partial charge in [-0.3, -0.25) is 0 Å². The lowest BCUT2D eigenvalue weighted by molar-refractivity contribution is 0.0696. The van der Waals surface area contributed by atoms with Gasteiger partial charge in [-0.15, -0.1) is 11.3 Å². The van der Waals surface area contributed by atoms with Crippen LogP contribution in [0.15, 0.2) is 35.7 Å². The fraction of sp³-hybridized carbons (Fsp3) is 0.267. The lowest BCUT2D eigenvalue weighted by Crippen LogP contribution is -2.02. The number of ether oxygens (including phenoxy) is 1. The van der Waals surface area contributed by atoms with Crippen LogP contribution in [0.1, 0.15) is 26.4 Å². The molecule has 0 bridgehead atoms. The molecule has 0 saturated carbocycles. The van der Waals surface area contributed by atoms with Crippen LogP contribution in [0, 0.1) is 6.92 Å².